The van der Waals surface area contributed by atoms with Crippen molar-refractivity contribution in [1.82, 2.24) is 0 Å². The second-order valence-electron chi connectivity index (χ2n) is 5.63. The van der Waals surface area contributed by atoms with E-state index in [1.165, 1.54) is 21.1 Å². The zero-order valence-corrected chi connectivity index (χ0v) is 14.6. The van der Waals surface area contributed by atoms with Crippen molar-refractivity contribution in [2.75, 3.05) is 0 Å². The Bertz CT molecular complexity index is 352. The molecule has 0 saturated heterocycles. The number of hydrogen-bond donors (Lipinski definition) is 0. The van der Waals surface area contributed by atoms with Crippen LogP contribution >= 0.6 is 10.0 Å². The molecule has 1 aromatic rings. The SMILES string of the molecule is CC(C)c1cc(C(C)C)[c]([Ge][Cl])c(C(C)C)c1. The second-order valence-corrected chi connectivity index (χ2v) is 8.06. The van der Waals surface area contributed by atoms with Gasteiger partial charge in [-0.15, -0.1) is 0 Å². The topological polar surface area (TPSA) is 0 Å². The van der Waals surface area contributed by atoms with Gasteiger partial charge in [0.1, 0.15) is 0 Å². The van der Waals surface area contributed by atoms with E-state index in [4.69, 9.17) is 10.0 Å². The Balaban J connectivity index is 3.46. The molecular formula is C15H23ClGe. The summed E-state index contributed by atoms with van der Waals surface area (Å²) in [6.45, 7) is 13.6. The first-order chi connectivity index (χ1) is 7.88. The fourth-order valence-corrected chi connectivity index (χ4v) is 5.17. The molecule has 0 amide bonds. The zero-order valence-electron chi connectivity index (χ0n) is 11.8. The van der Waals surface area contributed by atoms with Gasteiger partial charge in [-0.25, -0.2) is 0 Å². The summed E-state index contributed by atoms with van der Waals surface area (Å²) in [6.07, 6.45) is 0. The van der Waals surface area contributed by atoms with E-state index >= 15 is 0 Å². The predicted molar refractivity (Wildman–Crippen MR) is 80.0 cm³/mol. The van der Waals surface area contributed by atoms with E-state index in [1.54, 1.807) is 0 Å². The quantitative estimate of drug-likeness (QED) is 0.716. The molecule has 0 saturated carbocycles. The van der Waals surface area contributed by atoms with E-state index in [-0.39, 0.29) is 0 Å². The zero-order chi connectivity index (χ0) is 13.2. The number of rotatable bonds is 4. The third-order valence-corrected chi connectivity index (χ3v) is 5.82. The van der Waals surface area contributed by atoms with Gasteiger partial charge in [-0.1, -0.05) is 0 Å². The molecule has 1 rings (SSSR count). The predicted octanol–water partition coefficient (Wildman–Crippen LogP) is 4.54. The molecule has 0 fully saturated rings. The molecule has 0 unspecified atom stereocenters. The molecule has 0 bridgehead atoms. The minimum absolute atomic E-state index is 0.496. The van der Waals surface area contributed by atoms with E-state index in [9.17, 15) is 0 Å². The van der Waals surface area contributed by atoms with E-state index in [0.29, 0.717) is 17.8 Å². The summed E-state index contributed by atoms with van der Waals surface area (Å²) >= 11 is -0.496. The first kappa shape index (κ1) is 15.1. The van der Waals surface area contributed by atoms with Crippen molar-refractivity contribution in [2.24, 2.45) is 0 Å². The molecule has 0 aliphatic rings. The maximum absolute atomic E-state index is 6.28. The summed E-state index contributed by atoms with van der Waals surface area (Å²) in [5.74, 6) is 1.74. The molecule has 2 heteroatoms. The molecule has 0 spiro atoms. The van der Waals surface area contributed by atoms with E-state index in [1.807, 2.05) is 0 Å². The van der Waals surface area contributed by atoms with E-state index < -0.39 is 14.5 Å². The van der Waals surface area contributed by atoms with Gasteiger partial charge in [0, 0.05) is 0 Å². The monoisotopic (exact) mass is 312 g/mol. The van der Waals surface area contributed by atoms with Crippen molar-refractivity contribution in [1.29, 1.82) is 0 Å². The summed E-state index contributed by atoms with van der Waals surface area (Å²) in [5.41, 5.74) is 4.42. The van der Waals surface area contributed by atoms with Crippen LogP contribution in [0.5, 0.6) is 0 Å². The summed E-state index contributed by atoms with van der Waals surface area (Å²) in [5, 5.41) is 0. The average molecular weight is 311 g/mol. The van der Waals surface area contributed by atoms with Gasteiger partial charge in [0.15, 0.2) is 0 Å². The van der Waals surface area contributed by atoms with Crippen molar-refractivity contribution in [3.05, 3.63) is 28.8 Å². The molecule has 94 valence electrons. The van der Waals surface area contributed by atoms with Gasteiger partial charge < -0.3 is 0 Å². The Morgan fingerprint density at radius 2 is 1.24 bits per heavy atom. The molecule has 0 nitrogen and oxygen atoms in total. The van der Waals surface area contributed by atoms with Crippen LogP contribution in [0.25, 0.3) is 0 Å². The van der Waals surface area contributed by atoms with Gasteiger partial charge in [0.2, 0.25) is 0 Å². The van der Waals surface area contributed by atoms with Gasteiger partial charge in [0.05, 0.1) is 0 Å². The Kier molecular flexibility index (Phi) is 5.59. The maximum atomic E-state index is 6.28. The number of benzene rings is 1. The van der Waals surface area contributed by atoms with Gasteiger partial charge >= 0.3 is 117 Å². The fourth-order valence-electron chi connectivity index (χ4n) is 2.06. The van der Waals surface area contributed by atoms with Crippen molar-refractivity contribution in [2.45, 2.75) is 59.3 Å². The third kappa shape index (κ3) is 3.51. The third-order valence-electron chi connectivity index (χ3n) is 3.23. The van der Waals surface area contributed by atoms with Crippen LogP contribution in [-0.4, -0.2) is 14.5 Å². The second kappa shape index (κ2) is 6.29. The Hall–Kier alpha value is 0.0529. The molecule has 0 atom stereocenters. The Labute approximate surface area is 117 Å². The summed E-state index contributed by atoms with van der Waals surface area (Å²) in [6, 6.07) is 4.75. The molecule has 0 aliphatic heterocycles. The fraction of sp³-hybridized carbons (Fsp3) is 0.600. The standard InChI is InChI=1S/C15H23ClGe/c1-9(2)12-7-13(10(3)4)15(17-16)14(8-12)11(5)6/h7-11H,1-6H3. The van der Waals surface area contributed by atoms with Crippen LogP contribution < -0.4 is 4.40 Å². The van der Waals surface area contributed by atoms with Crippen LogP contribution in [0.4, 0.5) is 0 Å². The summed E-state index contributed by atoms with van der Waals surface area (Å²) in [7, 11) is 6.28. The van der Waals surface area contributed by atoms with E-state index in [0.717, 1.165) is 0 Å². The molecule has 0 aromatic heterocycles. The first-order valence-electron chi connectivity index (χ1n) is 6.42. The van der Waals surface area contributed by atoms with Crippen molar-refractivity contribution >= 4 is 28.9 Å². The Morgan fingerprint density at radius 3 is 1.47 bits per heavy atom. The molecule has 0 N–H and O–H groups in total. The normalized spacial score (nSPS) is 11.9. The van der Waals surface area contributed by atoms with E-state index in [2.05, 4.69) is 53.7 Å². The number of hydrogen-bond acceptors (Lipinski definition) is 0. The average Bonchev–Trinajstić information content (AvgIpc) is 2.26. The van der Waals surface area contributed by atoms with Crippen LogP contribution in [0.15, 0.2) is 12.1 Å². The Morgan fingerprint density at radius 1 is 0.824 bits per heavy atom. The van der Waals surface area contributed by atoms with Gasteiger partial charge in [0.25, 0.3) is 0 Å². The summed E-state index contributed by atoms with van der Waals surface area (Å²) in [4.78, 5) is 0. The van der Waals surface area contributed by atoms with Gasteiger partial charge in [-0.05, 0) is 0 Å². The van der Waals surface area contributed by atoms with Crippen LogP contribution in [0.2, 0.25) is 0 Å². The van der Waals surface area contributed by atoms with Gasteiger partial charge in [-0.3, -0.25) is 0 Å². The van der Waals surface area contributed by atoms with Gasteiger partial charge in [-0.2, -0.15) is 0 Å². The molecule has 17 heavy (non-hydrogen) atoms. The number of halogens is 1. The van der Waals surface area contributed by atoms with Crippen LogP contribution in [0, 0.1) is 0 Å². The molecule has 0 heterocycles. The first-order valence-corrected chi connectivity index (χ1v) is 10.2. The van der Waals surface area contributed by atoms with Crippen molar-refractivity contribution < 1.29 is 0 Å². The molecule has 1 aromatic carbocycles. The molecule has 2 radical (unpaired) electrons. The molecular weight excluding hydrogens is 288 g/mol. The van der Waals surface area contributed by atoms with Crippen molar-refractivity contribution in [3.63, 3.8) is 0 Å². The van der Waals surface area contributed by atoms with Crippen LogP contribution in [0.3, 0.4) is 0 Å². The van der Waals surface area contributed by atoms with Crippen LogP contribution in [0.1, 0.15) is 76.0 Å². The molecule has 0 aliphatic carbocycles. The summed E-state index contributed by atoms with van der Waals surface area (Å²) < 4.78 is 1.47. The minimum atomic E-state index is -0.496. The van der Waals surface area contributed by atoms with Crippen LogP contribution in [-0.2, 0) is 0 Å². The van der Waals surface area contributed by atoms with Crippen molar-refractivity contribution in [3.8, 4) is 0 Å².